The molecule has 2 N–H and O–H groups in total. The molecular weight excluding hydrogens is 324 g/mol. The molecule has 1 saturated heterocycles. The van der Waals surface area contributed by atoms with Crippen LogP contribution in [0, 0.1) is 5.41 Å². The zero-order valence-electron chi connectivity index (χ0n) is 14.1. The number of hydrogen-bond donors (Lipinski definition) is 2. The number of anilines is 1. The van der Waals surface area contributed by atoms with Crippen LogP contribution in [-0.4, -0.2) is 47.4 Å². The molecule has 0 radical (unpaired) electrons. The summed E-state index contributed by atoms with van der Waals surface area (Å²) in [6.45, 7) is 7.33. The van der Waals surface area contributed by atoms with Crippen molar-refractivity contribution in [2.24, 2.45) is 5.41 Å². The standard InChI is InChI=1S/C17H22N4O2S/c1-17(2,3)16(23)21-7-6-18-13(9-21)15(22)20-11-4-5-14-12(8-11)19-10-24-14/h4-5,8,10,13,18H,6-7,9H2,1-3H3,(H,20,22). The number of hydrogen-bond acceptors (Lipinski definition) is 5. The van der Waals surface area contributed by atoms with Gasteiger partial charge in [-0.1, -0.05) is 20.8 Å². The van der Waals surface area contributed by atoms with Crippen LogP contribution in [0.1, 0.15) is 20.8 Å². The van der Waals surface area contributed by atoms with Crippen molar-refractivity contribution < 1.29 is 9.59 Å². The van der Waals surface area contributed by atoms with E-state index in [-0.39, 0.29) is 11.8 Å². The van der Waals surface area contributed by atoms with E-state index >= 15 is 0 Å². The van der Waals surface area contributed by atoms with Crippen molar-refractivity contribution in [3.05, 3.63) is 23.7 Å². The average molecular weight is 346 g/mol. The van der Waals surface area contributed by atoms with Crippen molar-refractivity contribution in [3.63, 3.8) is 0 Å². The molecule has 0 spiro atoms. The molecule has 1 aliphatic rings. The molecule has 1 aromatic heterocycles. The van der Waals surface area contributed by atoms with Crippen LogP contribution in [0.3, 0.4) is 0 Å². The third kappa shape index (κ3) is 3.57. The van der Waals surface area contributed by atoms with E-state index in [1.54, 1.807) is 21.7 Å². The Bertz CT molecular complexity index is 765. The Morgan fingerprint density at radius 1 is 1.38 bits per heavy atom. The molecule has 2 aromatic rings. The van der Waals surface area contributed by atoms with Crippen LogP contribution >= 0.6 is 11.3 Å². The van der Waals surface area contributed by atoms with Crippen molar-refractivity contribution in [3.8, 4) is 0 Å². The van der Waals surface area contributed by atoms with Crippen molar-refractivity contribution in [1.82, 2.24) is 15.2 Å². The molecule has 128 valence electrons. The number of aromatic nitrogens is 1. The summed E-state index contributed by atoms with van der Waals surface area (Å²) in [5.74, 6) is -0.0540. The summed E-state index contributed by atoms with van der Waals surface area (Å²) in [6.07, 6.45) is 0. The highest BCUT2D eigenvalue weighted by Gasteiger charge is 2.33. The maximum Gasteiger partial charge on any atom is 0.243 e. The summed E-state index contributed by atoms with van der Waals surface area (Å²) in [5.41, 5.74) is 2.95. The highest BCUT2D eigenvalue weighted by molar-refractivity contribution is 7.16. The second-order valence-corrected chi connectivity index (χ2v) is 7.92. The van der Waals surface area contributed by atoms with Crippen LogP contribution in [0.25, 0.3) is 10.2 Å². The molecule has 0 bridgehead atoms. The second kappa shape index (κ2) is 6.49. The van der Waals surface area contributed by atoms with Gasteiger partial charge in [0, 0.05) is 30.7 Å². The topological polar surface area (TPSA) is 74.3 Å². The first-order valence-corrected chi connectivity index (χ1v) is 8.89. The third-order valence-corrected chi connectivity index (χ3v) is 4.83. The van der Waals surface area contributed by atoms with E-state index in [0.717, 1.165) is 15.9 Å². The van der Waals surface area contributed by atoms with E-state index < -0.39 is 11.5 Å². The fraction of sp³-hybridized carbons (Fsp3) is 0.471. The third-order valence-electron chi connectivity index (χ3n) is 4.02. The number of nitrogens with zero attached hydrogens (tertiary/aromatic N) is 2. The molecule has 1 fully saturated rings. The van der Waals surface area contributed by atoms with E-state index in [2.05, 4.69) is 15.6 Å². The zero-order chi connectivity index (χ0) is 17.3. The molecule has 2 amide bonds. The number of nitrogens with one attached hydrogen (secondary N) is 2. The van der Waals surface area contributed by atoms with Gasteiger partial charge < -0.3 is 15.5 Å². The van der Waals surface area contributed by atoms with Gasteiger partial charge >= 0.3 is 0 Å². The van der Waals surface area contributed by atoms with Gasteiger partial charge in [-0.05, 0) is 18.2 Å². The number of amides is 2. The lowest BCUT2D eigenvalue weighted by Crippen LogP contribution is -2.58. The first-order chi connectivity index (χ1) is 11.3. The van der Waals surface area contributed by atoms with E-state index in [4.69, 9.17) is 0 Å². The van der Waals surface area contributed by atoms with Crippen molar-refractivity contribution in [2.45, 2.75) is 26.8 Å². The number of rotatable bonds is 2. The molecule has 1 atom stereocenters. The highest BCUT2D eigenvalue weighted by atomic mass is 32.1. The minimum Gasteiger partial charge on any atom is -0.339 e. The predicted octanol–water partition coefficient (Wildman–Crippen LogP) is 2.08. The fourth-order valence-electron chi connectivity index (χ4n) is 2.75. The first-order valence-electron chi connectivity index (χ1n) is 8.01. The van der Waals surface area contributed by atoms with Gasteiger partial charge in [0.05, 0.1) is 15.7 Å². The van der Waals surface area contributed by atoms with Crippen molar-refractivity contribution in [1.29, 1.82) is 0 Å². The molecule has 6 nitrogen and oxygen atoms in total. The average Bonchev–Trinajstić information content (AvgIpc) is 3.01. The van der Waals surface area contributed by atoms with Gasteiger partial charge in [-0.2, -0.15) is 0 Å². The van der Waals surface area contributed by atoms with Crippen LogP contribution in [-0.2, 0) is 9.59 Å². The zero-order valence-corrected chi connectivity index (χ0v) is 14.9. The summed E-state index contributed by atoms with van der Waals surface area (Å²) in [6, 6.07) is 5.28. The molecule has 1 unspecified atom stereocenters. The summed E-state index contributed by atoms with van der Waals surface area (Å²) in [7, 11) is 0. The number of thiazole rings is 1. The maximum absolute atomic E-state index is 12.5. The Morgan fingerprint density at radius 2 is 2.17 bits per heavy atom. The van der Waals surface area contributed by atoms with E-state index in [1.807, 2.05) is 39.0 Å². The molecule has 1 aliphatic heterocycles. The molecule has 0 aliphatic carbocycles. The molecular formula is C17H22N4O2S. The number of carbonyl (C=O) groups is 2. The SMILES string of the molecule is CC(C)(C)C(=O)N1CCNC(C(=O)Nc2ccc3scnc3c2)C1. The number of fused-ring (bicyclic) bond motifs is 1. The normalized spacial score (nSPS) is 18.6. The Hall–Kier alpha value is -1.99. The maximum atomic E-state index is 12.5. The Morgan fingerprint density at radius 3 is 2.92 bits per heavy atom. The van der Waals surface area contributed by atoms with Gasteiger partial charge in [-0.25, -0.2) is 4.98 Å². The smallest absolute Gasteiger partial charge is 0.243 e. The number of piperazine rings is 1. The van der Waals surface area contributed by atoms with E-state index in [9.17, 15) is 9.59 Å². The van der Waals surface area contributed by atoms with Crippen molar-refractivity contribution >= 4 is 39.1 Å². The van der Waals surface area contributed by atoms with Gasteiger partial charge in [0.25, 0.3) is 0 Å². The fourth-order valence-corrected chi connectivity index (χ4v) is 3.41. The Labute approximate surface area is 145 Å². The van der Waals surface area contributed by atoms with Crippen molar-refractivity contribution in [2.75, 3.05) is 25.0 Å². The van der Waals surface area contributed by atoms with Crippen LogP contribution in [0.15, 0.2) is 23.7 Å². The summed E-state index contributed by atoms with van der Waals surface area (Å²) >= 11 is 1.57. The molecule has 24 heavy (non-hydrogen) atoms. The lowest BCUT2D eigenvalue weighted by Gasteiger charge is -2.36. The largest absolute Gasteiger partial charge is 0.339 e. The van der Waals surface area contributed by atoms with E-state index in [0.29, 0.717) is 19.6 Å². The van der Waals surface area contributed by atoms with Gasteiger partial charge in [-0.3, -0.25) is 9.59 Å². The van der Waals surface area contributed by atoms with Gasteiger partial charge in [0.15, 0.2) is 0 Å². The molecule has 0 saturated carbocycles. The summed E-state index contributed by atoms with van der Waals surface area (Å²) in [4.78, 5) is 31.0. The Kier molecular flexibility index (Phi) is 4.56. The summed E-state index contributed by atoms with van der Waals surface area (Å²) < 4.78 is 1.09. The second-order valence-electron chi connectivity index (χ2n) is 7.03. The van der Waals surface area contributed by atoms with Gasteiger partial charge in [0.1, 0.15) is 6.04 Å². The van der Waals surface area contributed by atoms with Crippen LogP contribution in [0.4, 0.5) is 5.69 Å². The van der Waals surface area contributed by atoms with Crippen LogP contribution < -0.4 is 10.6 Å². The van der Waals surface area contributed by atoms with Crippen LogP contribution in [0.2, 0.25) is 0 Å². The molecule has 1 aromatic carbocycles. The minimum absolute atomic E-state index is 0.0747. The Balaban J connectivity index is 1.67. The number of benzene rings is 1. The predicted molar refractivity (Wildman–Crippen MR) is 96.1 cm³/mol. The molecule has 2 heterocycles. The number of carbonyl (C=O) groups excluding carboxylic acids is 2. The summed E-state index contributed by atoms with van der Waals surface area (Å²) in [5, 5.41) is 6.11. The minimum atomic E-state index is -0.436. The monoisotopic (exact) mass is 346 g/mol. The first kappa shape index (κ1) is 16.9. The lowest BCUT2D eigenvalue weighted by atomic mass is 9.94. The van der Waals surface area contributed by atoms with E-state index in [1.165, 1.54) is 0 Å². The van der Waals surface area contributed by atoms with Gasteiger partial charge in [-0.15, -0.1) is 11.3 Å². The molecule has 3 rings (SSSR count). The highest BCUT2D eigenvalue weighted by Crippen LogP contribution is 2.22. The molecule has 7 heteroatoms. The van der Waals surface area contributed by atoms with Gasteiger partial charge in [0.2, 0.25) is 11.8 Å². The quantitative estimate of drug-likeness (QED) is 0.873. The lowest BCUT2D eigenvalue weighted by molar-refractivity contribution is -0.141. The van der Waals surface area contributed by atoms with Crippen LogP contribution in [0.5, 0.6) is 0 Å².